The minimum absolute atomic E-state index is 0.0561. The number of rotatable bonds is 17. The van der Waals surface area contributed by atoms with E-state index in [0.717, 1.165) is 51.3 Å². The number of hydrogen-bond acceptors (Lipinski definition) is 13. The van der Waals surface area contributed by atoms with E-state index in [0.29, 0.717) is 35.6 Å². The molecule has 1 aliphatic heterocycles. The normalized spacial score (nSPS) is 13.4. The van der Waals surface area contributed by atoms with Crippen molar-refractivity contribution in [1.29, 1.82) is 0 Å². The van der Waals surface area contributed by atoms with Gasteiger partial charge in [0.2, 0.25) is 6.79 Å². The van der Waals surface area contributed by atoms with Gasteiger partial charge in [-0.05, 0) is 83.7 Å². The van der Waals surface area contributed by atoms with Crippen molar-refractivity contribution in [3.05, 3.63) is 120 Å². The SMILES string of the molecule is CC(C)(C)C(=O)OCOC(=O)C(C)(C)c1cn2nc(NCCCN3CCC(OC(c4ccccc4)c4ccccc4)CC3)ccc2n1.O=C(O)C=CC(=O)O.O=C(O)C=CC(=O)O. The van der Waals surface area contributed by atoms with Gasteiger partial charge in [-0.1, -0.05) is 60.7 Å². The Hall–Kier alpha value is -6.92. The number of benzene rings is 2. The van der Waals surface area contributed by atoms with Gasteiger partial charge in [0.1, 0.15) is 17.3 Å². The quantitative estimate of drug-likeness (QED) is 0.0375. The third-order valence-electron chi connectivity index (χ3n) is 9.23. The summed E-state index contributed by atoms with van der Waals surface area (Å²) in [7, 11) is 0. The third-order valence-corrected chi connectivity index (χ3v) is 9.23. The molecule has 18 heteroatoms. The van der Waals surface area contributed by atoms with E-state index in [4.69, 9.17) is 34.6 Å². The van der Waals surface area contributed by atoms with E-state index in [1.165, 1.54) is 11.1 Å². The van der Waals surface area contributed by atoms with Gasteiger partial charge < -0.3 is 44.9 Å². The van der Waals surface area contributed by atoms with E-state index in [-0.39, 0.29) is 12.2 Å². The first-order chi connectivity index (χ1) is 29.8. The van der Waals surface area contributed by atoms with E-state index in [1.807, 2.05) is 24.3 Å². The highest BCUT2D eigenvalue weighted by Crippen LogP contribution is 2.30. The molecule has 0 saturated carbocycles. The van der Waals surface area contributed by atoms with E-state index >= 15 is 0 Å². The monoisotopic (exact) mass is 873 g/mol. The number of aliphatic carboxylic acids is 4. The maximum Gasteiger partial charge on any atom is 0.328 e. The highest BCUT2D eigenvalue weighted by Gasteiger charge is 2.35. The Balaban J connectivity index is 0.000000559. The Morgan fingerprint density at radius 3 is 1.70 bits per heavy atom. The van der Waals surface area contributed by atoms with Crippen LogP contribution in [0.25, 0.3) is 5.65 Å². The number of carbonyl (C=O) groups is 6. The highest BCUT2D eigenvalue weighted by atomic mass is 16.7. The molecule has 2 aromatic heterocycles. The van der Waals surface area contributed by atoms with Gasteiger partial charge in [-0.2, -0.15) is 0 Å². The van der Waals surface area contributed by atoms with Crippen molar-refractivity contribution in [2.75, 3.05) is 38.3 Å². The van der Waals surface area contributed by atoms with Crippen LogP contribution in [0.5, 0.6) is 0 Å². The molecule has 5 N–H and O–H groups in total. The predicted molar refractivity (Wildman–Crippen MR) is 230 cm³/mol. The van der Waals surface area contributed by atoms with Crippen molar-refractivity contribution in [3.63, 3.8) is 0 Å². The standard InChI is InChI=1S/C37H47N5O5.2C4H4O4/c1-36(2,3)34(43)45-26-46-35(44)37(4,5)30-25-42-32(39-30)18-17-31(40-42)38-21-12-22-41-23-19-29(20-24-41)47-33(27-13-8-6-9-14-27)28-15-10-7-11-16-28;2*5-3(6)1-2-4(7)8/h6-11,13-18,25,29,33H,12,19-24,26H2,1-5H3,(H,38,40);2*1-2H,(H,5,6)(H,7,8). The summed E-state index contributed by atoms with van der Waals surface area (Å²) in [5, 5.41) is 39.3. The fourth-order valence-electron chi connectivity index (χ4n) is 5.79. The van der Waals surface area contributed by atoms with E-state index in [2.05, 4.69) is 68.8 Å². The molecule has 0 atom stereocenters. The third kappa shape index (κ3) is 17.9. The molecule has 3 heterocycles. The van der Waals surface area contributed by atoms with Gasteiger partial charge in [0.15, 0.2) is 5.65 Å². The van der Waals surface area contributed by atoms with Crippen molar-refractivity contribution in [3.8, 4) is 0 Å². The fraction of sp³-hybridized carbons (Fsp3) is 0.378. The first-order valence-electron chi connectivity index (χ1n) is 20.0. The molecule has 0 amide bonds. The maximum absolute atomic E-state index is 12.8. The zero-order valence-electron chi connectivity index (χ0n) is 35.9. The van der Waals surface area contributed by atoms with Crippen LogP contribution in [0.4, 0.5) is 5.82 Å². The molecule has 2 aromatic carbocycles. The van der Waals surface area contributed by atoms with Crippen molar-refractivity contribution >= 4 is 47.3 Å². The van der Waals surface area contributed by atoms with Gasteiger partial charge in [0.05, 0.1) is 23.4 Å². The number of hydrogen-bond donors (Lipinski definition) is 5. The average Bonchev–Trinajstić information content (AvgIpc) is 3.69. The molecule has 4 aromatic rings. The second-order valence-electron chi connectivity index (χ2n) is 15.7. The summed E-state index contributed by atoms with van der Waals surface area (Å²) in [6.45, 7) is 12.0. The second kappa shape index (κ2) is 24.5. The van der Waals surface area contributed by atoms with Crippen LogP contribution >= 0.6 is 0 Å². The summed E-state index contributed by atoms with van der Waals surface area (Å²) >= 11 is 0. The van der Waals surface area contributed by atoms with Crippen LogP contribution in [-0.4, -0.2) is 115 Å². The molecule has 1 fully saturated rings. The largest absolute Gasteiger partial charge is 0.478 e. The molecule has 0 bridgehead atoms. The summed E-state index contributed by atoms with van der Waals surface area (Å²) < 4.78 is 18.7. The van der Waals surface area contributed by atoms with Crippen LogP contribution in [0.15, 0.2) is 103 Å². The summed E-state index contributed by atoms with van der Waals surface area (Å²) in [5.41, 5.74) is 1.78. The second-order valence-corrected chi connectivity index (χ2v) is 15.7. The van der Waals surface area contributed by atoms with Crippen LogP contribution in [0.1, 0.15) is 76.8 Å². The van der Waals surface area contributed by atoms with Crippen molar-refractivity contribution in [1.82, 2.24) is 19.5 Å². The number of nitrogens with zero attached hydrogens (tertiary/aromatic N) is 4. The average molecular weight is 874 g/mol. The summed E-state index contributed by atoms with van der Waals surface area (Å²) in [6.07, 6.45) is 7.14. The van der Waals surface area contributed by atoms with Crippen molar-refractivity contribution in [2.24, 2.45) is 5.41 Å². The number of anilines is 1. The molecule has 0 radical (unpaired) electrons. The molecule has 1 aliphatic rings. The Morgan fingerprint density at radius 1 is 0.730 bits per heavy atom. The number of aromatic nitrogens is 3. The lowest BCUT2D eigenvalue weighted by molar-refractivity contribution is -0.176. The fourth-order valence-corrected chi connectivity index (χ4v) is 5.79. The van der Waals surface area contributed by atoms with Gasteiger partial charge in [-0.25, -0.2) is 28.7 Å². The van der Waals surface area contributed by atoms with Gasteiger partial charge in [-0.3, -0.25) is 9.59 Å². The molecule has 5 rings (SSSR count). The number of imidazole rings is 1. The topological polar surface area (TPSA) is 256 Å². The number of esters is 2. The van der Waals surface area contributed by atoms with Crippen LogP contribution in [0.3, 0.4) is 0 Å². The number of piperidine rings is 1. The van der Waals surface area contributed by atoms with E-state index < -0.39 is 53.4 Å². The Kier molecular flexibility index (Phi) is 19.6. The Labute approximate surface area is 364 Å². The van der Waals surface area contributed by atoms with E-state index in [1.54, 1.807) is 45.3 Å². The number of carboxylic acids is 4. The van der Waals surface area contributed by atoms with Crippen LogP contribution in [-0.2, 0) is 48.4 Å². The number of ether oxygens (including phenoxy) is 3. The molecule has 338 valence electrons. The Bertz CT molecular complexity index is 2090. The molecule has 0 aliphatic carbocycles. The van der Waals surface area contributed by atoms with Crippen LogP contribution < -0.4 is 5.32 Å². The first kappa shape index (κ1) is 50.4. The van der Waals surface area contributed by atoms with Gasteiger partial charge >= 0.3 is 35.8 Å². The zero-order chi connectivity index (χ0) is 46.6. The minimum Gasteiger partial charge on any atom is -0.478 e. The van der Waals surface area contributed by atoms with Crippen molar-refractivity contribution in [2.45, 2.75) is 71.5 Å². The number of carbonyl (C=O) groups excluding carboxylic acids is 2. The van der Waals surface area contributed by atoms with Crippen LogP contribution in [0.2, 0.25) is 0 Å². The lowest BCUT2D eigenvalue weighted by Gasteiger charge is -2.34. The lowest BCUT2D eigenvalue weighted by atomic mass is 9.90. The smallest absolute Gasteiger partial charge is 0.328 e. The summed E-state index contributed by atoms with van der Waals surface area (Å²) in [6, 6.07) is 24.7. The Morgan fingerprint density at radius 2 is 1.22 bits per heavy atom. The lowest BCUT2D eigenvalue weighted by Crippen LogP contribution is -2.38. The zero-order valence-corrected chi connectivity index (χ0v) is 35.9. The van der Waals surface area contributed by atoms with Crippen LogP contribution in [0, 0.1) is 5.41 Å². The maximum atomic E-state index is 12.8. The predicted octanol–water partition coefficient (Wildman–Crippen LogP) is 5.59. The number of fused-ring (bicyclic) bond motifs is 1. The summed E-state index contributed by atoms with van der Waals surface area (Å²) in [4.78, 5) is 70.1. The molecule has 18 nitrogen and oxygen atoms in total. The van der Waals surface area contributed by atoms with E-state index in [9.17, 15) is 28.8 Å². The van der Waals surface area contributed by atoms with Gasteiger partial charge in [0, 0.05) is 43.9 Å². The van der Waals surface area contributed by atoms with Crippen molar-refractivity contribution < 1.29 is 63.4 Å². The summed E-state index contributed by atoms with van der Waals surface area (Å²) in [5.74, 6) is -5.27. The molecular weight excluding hydrogens is 819 g/mol. The highest BCUT2D eigenvalue weighted by molar-refractivity contribution is 5.90. The molecule has 1 saturated heterocycles. The number of carboxylic acid groups (broad SMARTS) is 4. The molecule has 0 spiro atoms. The first-order valence-corrected chi connectivity index (χ1v) is 20.0. The number of nitrogens with one attached hydrogen (secondary N) is 1. The molecule has 63 heavy (non-hydrogen) atoms. The van der Waals surface area contributed by atoms with Gasteiger partial charge in [0.25, 0.3) is 0 Å². The molecular formula is C45H55N5O13. The molecule has 0 unspecified atom stereocenters. The number of likely N-dealkylation sites (tertiary alicyclic amines) is 1. The van der Waals surface area contributed by atoms with Gasteiger partial charge in [-0.15, -0.1) is 5.10 Å². The minimum atomic E-state index is -1.26.